The van der Waals surface area contributed by atoms with Crippen molar-refractivity contribution in [2.24, 2.45) is 0 Å². The van der Waals surface area contributed by atoms with Crippen molar-refractivity contribution in [3.8, 4) is 5.69 Å². The van der Waals surface area contributed by atoms with Crippen molar-refractivity contribution < 1.29 is 23.8 Å². The molecule has 0 radical (unpaired) electrons. The zero-order chi connectivity index (χ0) is 21.1. The Morgan fingerprint density at radius 1 is 0.889 bits per heavy atom. The molecule has 2 aromatic carbocycles. The van der Waals surface area contributed by atoms with E-state index in [4.69, 9.17) is 0 Å². The van der Waals surface area contributed by atoms with E-state index in [9.17, 15) is 28.6 Å². The molecule has 0 aliphatic heterocycles. The third-order valence-electron chi connectivity index (χ3n) is 3.04. The highest BCUT2D eigenvalue weighted by atomic mass is 32.5. The molecular formula is C17H19F6NOS2. The Balaban J connectivity index is 0.000000855. The van der Waals surface area contributed by atoms with E-state index in [1.165, 1.54) is 6.07 Å². The standard InChI is InChI=1S/C13H7F6NOS2.2C2H6/c14-8-4-5-12-11(6-8)13(21)20(22-12)9-2-1-3-10(7-9)23(15,16,17,18)19;2*1-2/h1-7H;2*1-2H3. The van der Waals surface area contributed by atoms with E-state index >= 15 is 0 Å². The van der Waals surface area contributed by atoms with Crippen LogP contribution in [0.5, 0.6) is 0 Å². The quantitative estimate of drug-likeness (QED) is 0.378. The van der Waals surface area contributed by atoms with Gasteiger partial charge in [-0.1, -0.05) is 64.7 Å². The molecule has 0 N–H and O–H groups in total. The first-order valence-electron chi connectivity index (χ1n) is 8.01. The molecule has 1 heterocycles. The smallest absolute Gasteiger partial charge is 0.267 e. The summed E-state index contributed by atoms with van der Waals surface area (Å²) in [7, 11) is -9.85. The van der Waals surface area contributed by atoms with E-state index < -0.39 is 26.5 Å². The Morgan fingerprint density at radius 3 is 2.04 bits per heavy atom. The molecule has 10 heteroatoms. The van der Waals surface area contributed by atoms with Gasteiger partial charge in [0, 0.05) is 0 Å². The van der Waals surface area contributed by atoms with Gasteiger partial charge in [-0.05, 0) is 36.4 Å². The Hall–Kier alpha value is -1.94. The number of fused-ring (bicyclic) bond motifs is 1. The van der Waals surface area contributed by atoms with Gasteiger partial charge in [-0.15, -0.1) is 0 Å². The molecule has 0 bridgehead atoms. The van der Waals surface area contributed by atoms with Crippen LogP contribution in [0.1, 0.15) is 27.7 Å². The molecule has 2 nitrogen and oxygen atoms in total. The lowest BCUT2D eigenvalue weighted by atomic mass is 10.2. The monoisotopic (exact) mass is 431 g/mol. The van der Waals surface area contributed by atoms with E-state index in [0.29, 0.717) is 4.70 Å². The number of halogens is 6. The van der Waals surface area contributed by atoms with Gasteiger partial charge in [0.2, 0.25) is 0 Å². The summed E-state index contributed by atoms with van der Waals surface area (Å²) in [6.07, 6.45) is 0. The van der Waals surface area contributed by atoms with Crippen LogP contribution in [-0.4, -0.2) is 3.96 Å². The number of nitrogens with zero attached hydrogens (tertiary/aromatic N) is 1. The van der Waals surface area contributed by atoms with Crippen LogP contribution < -0.4 is 5.56 Å². The maximum Gasteiger partial charge on any atom is 0.310 e. The first-order valence-corrected chi connectivity index (χ1v) is 10.7. The second kappa shape index (κ2) is 7.23. The summed E-state index contributed by atoms with van der Waals surface area (Å²) < 4.78 is 78.6. The van der Waals surface area contributed by atoms with Gasteiger partial charge in [0.1, 0.15) is 10.7 Å². The van der Waals surface area contributed by atoms with Crippen molar-refractivity contribution in [3.05, 3.63) is 58.6 Å². The zero-order valence-corrected chi connectivity index (χ0v) is 16.6. The normalized spacial score (nSPS) is 13.6. The third-order valence-corrected chi connectivity index (χ3v) is 5.30. The molecule has 0 saturated carbocycles. The van der Waals surface area contributed by atoms with Crippen LogP contribution in [0.25, 0.3) is 15.8 Å². The maximum absolute atomic E-state index is 13.2. The molecule has 0 aliphatic rings. The predicted octanol–water partition coefficient (Wildman–Crippen LogP) is 7.90. The average Bonchev–Trinajstić information content (AvgIpc) is 2.93. The Labute approximate surface area is 156 Å². The van der Waals surface area contributed by atoms with Crippen molar-refractivity contribution in [2.75, 3.05) is 0 Å². The Bertz CT molecular complexity index is 993. The second-order valence-corrected chi connectivity index (χ2v) is 8.19. The number of hydrogen-bond acceptors (Lipinski definition) is 2. The van der Waals surface area contributed by atoms with Gasteiger partial charge >= 0.3 is 10.2 Å². The number of aromatic nitrogens is 1. The van der Waals surface area contributed by atoms with Gasteiger partial charge in [-0.25, -0.2) is 8.35 Å². The molecule has 3 aromatic rings. The summed E-state index contributed by atoms with van der Waals surface area (Å²) in [5.74, 6) is -0.680. The van der Waals surface area contributed by atoms with Crippen LogP contribution in [0.15, 0.2) is 52.2 Å². The molecule has 0 saturated heterocycles. The molecule has 0 amide bonds. The molecular weight excluding hydrogens is 412 g/mol. The van der Waals surface area contributed by atoms with Gasteiger partial charge < -0.3 is 0 Å². The van der Waals surface area contributed by atoms with Crippen molar-refractivity contribution in [2.45, 2.75) is 32.6 Å². The third kappa shape index (κ3) is 5.29. The summed E-state index contributed by atoms with van der Waals surface area (Å²) in [5, 5.41) is -0.0345. The van der Waals surface area contributed by atoms with Gasteiger partial charge in [0.25, 0.3) is 5.56 Å². The van der Waals surface area contributed by atoms with Crippen LogP contribution in [0.4, 0.5) is 23.8 Å². The van der Waals surface area contributed by atoms with Crippen LogP contribution in [-0.2, 0) is 0 Å². The molecule has 3 rings (SSSR count). The first-order chi connectivity index (χ1) is 12.3. The molecule has 1 aromatic heterocycles. The fourth-order valence-corrected chi connectivity index (χ4v) is 3.67. The van der Waals surface area contributed by atoms with E-state index in [0.717, 1.165) is 39.8 Å². The number of hydrogen-bond donors (Lipinski definition) is 0. The molecule has 152 valence electrons. The average molecular weight is 431 g/mol. The molecule has 27 heavy (non-hydrogen) atoms. The molecule has 0 atom stereocenters. The molecule has 0 fully saturated rings. The van der Waals surface area contributed by atoms with Crippen molar-refractivity contribution in [3.63, 3.8) is 0 Å². The first kappa shape index (κ1) is 23.1. The number of rotatable bonds is 2. The highest BCUT2D eigenvalue weighted by molar-refractivity contribution is 8.45. The summed E-state index contributed by atoms with van der Waals surface area (Å²) in [6.45, 7) is 8.00. The Kier molecular flexibility index (Phi) is 6.19. The Morgan fingerprint density at radius 2 is 1.48 bits per heavy atom. The lowest BCUT2D eigenvalue weighted by Gasteiger charge is -2.40. The van der Waals surface area contributed by atoms with Crippen molar-refractivity contribution in [1.82, 2.24) is 3.96 Å². The van der Waals surface area contributed by atoms with Crippen LogP contribution >= 0.6 is 21.8 Å². The maximum atomic E-state index is 13.2. The van der Waals surface area contributed by atoms with E-state index in [2.05, 4.69) is 0 Å². The fourth-order valence-electron chi connectivity index (χ4n) is 2.02. The van der Waals surface area contributed by atoms with Crippen LogP contribution in [0, 0.1) is 5.82 Å². The van der Waals surface area contributed by atoms with Gasteiger partial charge in [-0.3, -0.25) is 4.79 Å². The van der Waals surface area contributed by atoms with Crippen molar-refractivity contribution in [1.29, 1.82) is 0 Å². The van der Waals surface area contributed by atoms with Crippen molar-refractivity contribution >= 4 is 31.8 Å². The highest BCUT2D eigenvalue weighted by Crippen LogP contribution is 3.02. The zero-order valence-electron chi connectivity index (χ0n) is 15.0. The van der Waals surface area contributed by atoms with Crippen LogP contribution in [0.3, 0.4) is 0 Å². The summed E-state index contributed by atoms with van der Waals surface area (Å²) in [5.41, 5.74) is -1.13. The minimum absolute atomic E-state index is 0.0345. The summed E-state index contributed by atoms with van der Waals surface area (Å²) >= 11 is 0.741. The number of benzene rings is 2. The molecule has 0 spiro atoms. The minimum Gasteiger partial charge on any atom is -0.267 e. The topological polar surface area (TPSA) is 22.0 Å². The highest BCUT2D eigenvalue weighted by Gasteiger charge is 2.65. The van der Waals surface area contributed by atoms with E-state index in [-0.39, 0.29) is 23.2 Å². The fraction of sp³-hybridized carbons (Fsp3) is 0.235. The summed E-state index contributed by atoms with van der Waals surface area (Å²) in [6, 6.07) is 5.69. The summed E-state index contributed by atoms with van der Waals surface area (Å²) in [4.78, 5) is 10.1. The van der Waals surface area contributed by atoms with Gasteiger partial charge in [0.05, 0.1) is 15.8 Å². The largest absolute Gasteiger partial charge is 0.310 e. The lowest BCUT2D eigenvalue weighted by molar-refractivity contribution is 0.364. The molecule has 0 unspecified atom stereocenters. The lowest BCUT2D eigenvalue weighted by Crippen LogP contribution is -2.12. The van der Waals surface area contributed by atoms with Gasteiger partial charge in [0.15, 0.2) is 0 Å². The second-order valence-electron chi connectivity index (χ2n) is 4.80. The van der Waals surface area contributed by atoms with E-state index in [1.807, 2.05) is 27.7 Å². The molecule has 0 aliphatic carbocycles. The SMILES string of the molecule is CC.CC.O=c1c2cc(F)ccc2sn1-c1cccc(S(F)(F)(F)(F)F)c1. The van der Waals surface area contributed by atoms with Gasteiger partial charge in [-0.2, -0.15) is 0 Å². The van der Waals surface area contributed by atoms with E-state index in [1.54, 1.807) is 0 Å². The minimum atomic E-state index is -9.85. The van der Waals surface area contributed by atoms with Crippen LogP contribution in [0.2, 0.25) is 0 Å². The predicted molar refractivity (Wildman–Crippen MR) is 101 cm³/mol.